The van der Waals surface area contributed by atoms with Crippen molar-refractivity contribution >= 4 is 17.6 Å². The van der Waals surface area contributed by atoms with Crippen molar-refractivity contribution in [1.82, 2.24) is 0 Å². The summed E-state index contributed by atoms with van der Waals surface area (Å²) in [6, 6.07) is 5.98. The minimum Gasteiger partial charge on any atom is -0.469 e. The molecule has 0 aliphatic carbocycles. The summed E-state index contributed by atoms with van der Waals surface area (Å²) in [5.74, 6) is -0.669. The molecule has 1 atom stereocenters. The maximum Gasteiger partial charge on any atom is 0.311 e. The first kappa shape index (κ1) is 12.6. The van der Waals surface area contributed by atoms with Crippen molar-refractivity contribution in [3.8, 4) is 0 Å². The predicted octanol–water partition coefficient (Wildman–Crippen LogP) is 1.83. The van der Waals surface area contributed by atoms with Crippen molar-refractivity contribution in [1.29, 1.82) is 0 Å². The number of carbonyl (C=O) groups is 2. The molecular weight excluding hydrogens is 230 g/mol. The third kappa shape index (κ3) is 2.23. The zero-order chi connectivity index (χ0) is 13.3. The highest BCUT2D eigenvalue weighted by Crippen LogP contribution is 2.29. The molecule has 0 N–H and O–H groups in total. The van der Waals surface area contributed by atoms with Crippen LogP contribution in [-0.2, 0) is 14.3 Å². The molecule has 1 amide bonds. The molecule has 4 heteroatoms. The second-order valence-corrected chi connectivity index (χ2v) is 4.72. The standard InChI is InChI=1S/C14H17NO3/c1-9-4-5-10(2)12(6-9)15-8-11(7-13(15)16)14(17)18-3/h4-6,11H,7-8H2,1-3H3/t11-/m1/s1. The van der Waals surface area contributed by atoms with Gasteiger partial charge in [0.25, 0.3) is 0 Å². The first-order valence-corrected chi connectivity index (χ1v) is 5.98. The summed E-state index contributed by atoms with van der Waals surface area (Å²) >= 11 is 0. The number of nitrogens with zero attached hydrogens (tertiary/aromatic N) is 1. The molecule has 1 aliphatic rings. The van der Waals surface area contributed by atoms with Crippen LogP contribution in [-0.4, -0.2) is 25.5 Å². The Balaban J connectivity index is 2.27. The van der Waals surface area contributed by atoms with Crippen molar-refractivity contribution in [2.24, 2.45) is 5.92 Å². The lowest BCUT2D eigenvalue weighted by Crippen LogP contribution is -2.26. The molecular formula is C14H17NO3. The molecule has 0 aromatic heterocycles. The summed E-state index contributed by atoms with van der Waals surface area (Å²) in [6.45, 7) is 4.37. The highest BCUT2D eigenvalue weighted by atomic mass is 16.5. The average molecular weight is 247 g/mol. The van der Waals surface area contributed by atoms with E-state index < -0.39 is 0 Å². The van der Waals surface area contributed by atoms with E-state index in [0.717, 1.165) is 16.8 Å². The third-order valence-corrected chi connectivity index (χ3v) is 3.31. The van der Waals surface area contributed by atoms with Crippen molar-refractivity contribution < 1.29 is 14.3 Å². The lowest BCUT2D eigenvalue weighted by Gasteiger charge is -2.19. The van der Waals surface area contributed by atoms with Gasteiger partial charge in [-0.25, -0.2) is 0 Å². The molecule has 4 nitrogen and oxygen atoms in total. The SMILES string of the molecule is COC(=O)[C@@H]1CC(=O)N(c2cc(C)ccc2C)C1. The molecule has 0 bridgehead atoms. The Morgan fingerprint density at radius 2 is 2.11 bits per heavy atom. The van der Waals surface area contributed by atoms with Crippen LogP contribution >= 0.6 is 0 Å². The van der Waals surface area contributed by atoms with Crippen LogP contribution in [0.1, 0.15) is 17.5 Å². The summed E-state index contributed by atoms with van der Waals surface area (Å²) in [4.78, 5) is 25.2. The Morgan fingerprint density at radius 1 is 1.39 bits per heavy atom. The largest absolute Gasteiger partial charge is 0.469 e. The summed E-state index contributed by atoms with van der Waals surface area (Å²) in [5, 5.41) is 0. The van der Waals surface area contributed by atoms with E-state index in [9.17, 15) is 9.59 Å². The molecule has 1 heterocycles. The quantitative estimate of drug-likeness (QED) is 0.749. The number of ether oxygens (including phenoxy) is 1. The van der Waals surface area contributed by atoms with Gasteiger partial charge in [-0.15, -0.1) is 0 Å². The Hall–Kier alpha value is -1.84. The third-order valence-electron chi connectivity index (χ3n) is 3.31. The number of benzene rings is 1. The molecule has 1 aromatic carbocycles. The number of esters is 1. The summed E-state index contributed by atoms with van der Waals surface area (Å²) in [6.07, 6.45) is 0.236. The van der Waals surface area contributed by atoms with E-state index in [1.807, 2.05) is 32.0 Å². The number of aryl methyl sites for hydroxylation is 2. The fourth-order valence-electron chi connectivity index (χ4n) is 2.28. The number of hydrogen-bond acceptors (Lipinski definition) is 3. The molecule has 1 saturated heterocycles. The molecule has 0 spiro atoms. The van der Waals surface area contributed by atoms with Gasteiger partial charge in [0.1, 0.15) is 0 Å². The monoisotopic (exact) mass is 247 g/mol. The number of anilines is 1. The van der Waals surface area contributed by atoms with Gasteiger partial charge in [-0.2, -0.15) is 0 Å². The Bertz CT molecular complexity index is 496. The predicted molar refractivity (Wildman–Crippen MR) is 68.4 cm³/mol. The number of carbonyl (C=O) groups excluding carboxylic acids is 2. The van der Waals surface area contributed by atoms with Gasteiger partial charge in [0.05, 0.1) is 13.0 Å². The van der Waals surface area contributed by atoms with E-state index >= 15 is 0 Å². The van der Waals surface area contributed by atoms with Crippen LogP contribution in [0.5, 0.6) is 0 Å². The van der Waals surface area contributed by atoms with Crippen molar-refractivity contribution in [2.75, 3.05) is 18.6 Å². The first-order valence-electron chi connectivity index (χ1n) is 5.98. The van der Waals surface area contributed by atoms with Crippen molar-refractivity contribution in [3.63, 3.8) is 0 Å². The van der Waals surface area contributed by atoms with E-state index in [2.05, 4.69) is 0 Å². The normalized spacial score (nSPS) is 19.2. The van der Waals surface area contributed by atoms with Gasteiger partial charge in [0, 0.05) is 18.7 Å². The van der Waals surface area contributed by atoms with Crippen LogP contribution in [0.3, 0.4) is 0 Å². The van der Waals surface area contributed by atoms with Crippen LogP contribution < -0.4 is 4.90 Å². The zero-order valence-electron chi connectivity index (χ0n) is 10.9. The van der Waals surface area contributed by atoms with Crippen molar-refractivity contribution in [2.45, 2.75) is 20.3 Å². The van der Waals surface area contributed by atoms with Gasteiger partial charge in [-0.3, -0.25) is 9.59 Å². The van der Waals surface area contributed by atoms with Gasteiger partial charge in [-0.05, 0) is 31.0 Å². The van der Waals surface area contributed by atoms with E-state index in [1.165, 1.54) is 7.11 Å². The maximum absolute atomic E-state index is 12.0. The summed E-state index contributed by atoms with van der Waals surface area (Å²) in [5.41, 5.74) is 3.04. The van der Waals surface area contributed by atoms with Gasteiger partial charge in [0.15, 0.2) is 0 Å². The van der Waals surface area contributed by atoms with Crippen LogP contribution in [0.25, 0.3) is 0 Å². The second-order valence-electron chi connectivity index (χ2n) is 4.72. The molecule has 18 heavy (non-hydrogen) atoms. The van der Waals surface area contributed by atoms with Gasteiger partial charge >= 0.3 is 5.97 Å². The lowest BCUT2D eigenvalue weighted by atomic mass is 10.1. The number of hydrogen-bond donors (Lipinski definition) is 0. The second kappa shape index (κ2) is 4.80. The van der Waals surface area contributed by atoms with Crippen LogP contribution in [0, 0.1) is 19.8 Å². The Morgan fingerprint density at radius 3 is 2.78 bits per heavy atom. The smallest absolute Gasteiger partial charge is 0.311 e. The van der Waals surface area contributed by atoms with Crippen LogP contribution in [0.2, 0.25) is 0 Å². The minimum absolute atomic E-state index is 0.0147. The molecule has 0 unspecified atom stereocenters. The van der Waals surface area contributed by atoms with E-state index in [-0.39, 0.29) is 24.2 Å². The van der Waals surface area contributed by atoms with E-state index in [4.69, 9.17) is 4.74 Å². The van der Waals surface area contributed by atoms with E-state index in [0.29, 0.717) is 6.54 Å². The highest BCUT2D eigenvalue weighted by molar-refractivity contribution is 6.00. The van der Waals surface area contributed by atoms with Crippen molar-refractivity contribution in [3.05, 3.63) is 29.3 Å². The topological polar surface area (TPSA) is 46.6 Å². The fraction of sp³-hybridized carbons (Fsp3) is 0.429. The van der Waals surface area contributed by atoms with Crippen LogP contribution in [0.15, 0.2) is 18.2 Å². The Kier molecular flexibility index (Phi) is 3.36. The number of amides is 1. The van der Waals surface area contributed by atoms with Crippen LogP contribution in [0.4, 0.5) is 5.69 Å². The van der Waals surface area contributed by atoms with Gasteiger partial charge in [0.2, 0.25) is 5.91 Å². The molecule has 96 valence electrons. The maximum atomic E-state index is 12.0. The summed E-state index contributed by atoms with van der Waals surface area (Å²) in [7, 11) is 1.35. The lowest BCUT2D eigenvalue weighted by molar-refractivity contribution is -0.145. The molecule has 1 aromatic rings. The fourth-order valence-corrected chi connectivity index (χ4v) is 2.28. The molecule has 1 fully saturated rings. The average Bonchev–Trinajstić information content (AvgIpc) is 2.73. The first-order chi connectivity index (χ1) is 8.52. The molecule has 2 rings (SSSR count). The van der Waals surface area contributed by atoms with E-state index in [1.54, 1.807) is 4.90 Å². The minimum atomic E-state index is -0.345. The molecule has 0 radical (unpaired) electrons. The summed E-state index contributed by atoms with van der Waals surface area (Å²) < 4.78 is 4.70. The molecule has 0 saturated carbocycles. The van der Waals surface area contributed by atoms with Gasteiger partial charge in [-0.1, -0.05) is 12.1 Å². The Labute approximate surface area is 107 Å². The molecule has 1 aliphatic heterocycles. The van der Waals surface area contributed by atoms with Gasteiger partial charge < -0.3 is 9.64 Å². The number of methoxy groups -OCH3 is 1. The zero-order valence-corrected chi connectivity index (χ0v) is 10.9. The number of rotatable bonds is 2. The highest BCUT2D eigenvalue weighted by Gasteiger charge is 2.36.